The maximum atomic E-state index is 12.7. The van der Waals surface area contributed by atoms with Gasteiger partial charge in [0.1, 0.15) is 29.9 Å². The smallest absolute Gasteiger partial charge is 0.410 e. The van der Waals surface area contributed by atoms with E-state index in [2.05, 4.69) is 25.2 Å². The summed E-state index contributed by atoms with van der Waals surface area (Å²) in [6.07, 6.45) is 3.80. The number of esters is 1. The molecule has 3 aromatic rings. The number of carbonyl (C=O) groups is 3. The summed E-state index contributed by atoms with van der Waals surface area (Å²) >= 11 is 0. The fourth-order valence-corrected chi connectivity index (χ4v) is 4.21. The van der Waals surface area contributed by atoms with E-state index in [0.717, 1.165) is 22.2 Å². The van der Waals surface area contributed by atoms with Crippen molar-refractivity contribution in [3.05, 3.63) is 47.9 Å². The lowest BCUT2D eigenvalue weighted by Crippen LogP contribution is -2.43. The summed E-state index contributed by atoms with van der Waals surface area (Å²) in [5.74, 6) is 0.288. The Morgan fingerprint density at radius 1 is 1.05 bits per heavy atom. The Bertz CT molecular complexity index is 1370. The van der Waals surface area contributed by atoms with Crippen molar-refractivity contribution in [2.24, 2.45) is 0 Å². The molecule has 0 spiro atoms. The summed E-state index contributed by atoms with van der Waals surface area (Å²) in [5.41, 5.74) is 2.97. The van der Waals surface area contributed by atoms with Gasteiger partial charge in [0, 0.05) is 52.0 Å². The zero-order valence-corrected chi connectivity index (χ0v) is 25.7. The molecular weight excluding hydrogens is 538 g/mol. The standard InChI is InChI=1S/C30H43N7O5/c1-8-41-25(39)13-12-21-10-9-11-23(16-21)34-28-26-22(17-31-27(26)32-20-33-28)18-35(5)14-15-36(6)24(38)19-37(7)29(40)42-30(2,3)4/h9-11,16-17,20H,8,12-15,18-19H2,1-7H3,(H2,31,32,33,34). The molecule has 0 aliphatic heterocycles. The second-order valence-corrected chi connectivity index (χ2v) is 11.3. The van der Waals surface area contributed by atoms with E-state index < -0.39 is 11.7 Å². The van der Waals surface area contributed by atoms with E-state index in [1.54, 1.807) is 46.7 Å². The molecule has 12 nitrogen and oxygen atoms in total. The van der Waals surface area contributed by atoms with Gasteiger partial charge < -0.3 is 34.5 Å². The molecule has 1 aromatic carbocycles. The van der Waals surface area contributed by atoms with Crippen LogP contribution in [0.4, 0.5) is 16.3 Å². The summed E-state index contributed by atoms with van der Waals surface area (Å²) in [6.45, 7) is 9.17. The highest BCUT2D eigenvalue weighted by Gasteiger charge is 2.22. The van der Waals surface area contributed by atoms with Gasteiger partial charge in [0.05, 0.1) is 12.0 Å². The molecule has 0 aliphatic rings. The molecule has 0 fully saturated rings. The SMILES string of the molecule is CCOC(=O)CCc1cccc(Nc2ncnc3[nH]cc(CN(C)CCN(C)C(=O)CN(C)C(=O)OC(C)(C)C)c23)c1. The first-order valence-corrected chi connectivity index (χ1v) is 14.1. The Morgan fingerprint density at radius 3 is 2.52 bits per heavy atom. The van der Waals surface area contributed by atoms with Gasteiger partial charge >= 0.3 is 12.1 Å². The number of hydrogen-bond donors (Lipinski definition) is 2. The highest BCUT2D eigenvalue weighted by molar-refractivity contribution is 5.92. The van der Waals surface area contributed by atoms with Crippen molar-refractivity contribution < 1.29 is 23.9 Å². The number of fused-ring (bicyclic) bond motifs is 1. The number of nitrogens with zero attached hydrogens (tertiary/aromatic N) is 5. The van der Waals surface area contributed by atoms with Crippen LogP contribution in [0.25, 0.3) is 11.0 Å². The first-order chi connectivity index (χ1) is 19.9. The number of hydrogen-bond acceptors (Lipinski definition) is 9. The largest absolute Gasteiger partial charge is 0.466 e. The molecule has 0 bridgehead atoms. The van der Waals surface area contributed by atoms with Crippen LogP contribution in [0.2, 0.25) is 0 Å². The van der Waals surface area contributed by atoms with E-state index in [0.29, 0.717) is 50.5 Å². The van der Waals surface area contributed by atoms with Crippen molar-refractivity contribution in [3.8, 4) is 0 Å². The highest BCUT2D eigenvalue weighted by atomic mass is 16.6. The normalized spacial score (nSPS) is 11.4. The van der Waals surface area contributed by atoms with Crippen LogP contribution in [0.5, 0.6) is 0 Å². The van der Waals surface area contributed by atoms with Crippen molar-refractivity contribution in [2.45, 2.75) is 52.7 Å². The van der Waals surface area contributed by atoms with Gasteiger partial charge in [0.25, 0.3) is 0 Å². The first kappa shape index (κ1) is 32.3. The van der Waals surface area contributed by atoms with Crippen molar-refractivity contribution in [1.29, 1.82) is 0 Å². The van der Waals surface area contributed by atoms with E-state index in [-0.39, 0.29) is 18.4 Å². The predicted octanol–water partition coefficient (Wildman–Crippen LogP) is 3.95. The Kier molecular flexibility index (Phi) is 11.3. The number of aromatic amines is 1. The molecule has 0 saturated carbocycles. The number of ether oxygens (including phenoxy) is 2. The lowest BCUT2D eigenvalue weighted by Gasteiger charge is -2.26. The Labute approximate surface area is 247 Å². The van der Waals surface area contributed by atoms with Gasteiger partial charge in [0.2, 0.25) is 5.91 Å². The number of H-pyrrole nitrogens is 1. The molecular formula is C30H43N7O5. The molecule has 2 amide bonds. The average Bonchev–Trinajstić information content (AvgIpc) is 3.33. The summed E-state index contributed by atoms with van der Waals surface area (Å²) in [6, 6.07) is 7.87. The van der Waals surface area contributed by atoms with E-state index in [1.165, 1.54) is 11.2 Å². The molecule has 0 aliphatic carbocycles. The predicted molar refractivity (Wildman–Crippen MR) is 161 cm³/mol. The number of anilines is 2. The Balaban J connectivity index is 1.60. The fraction of sp³-hybridized carbons (Fsp3) is 0.500. The van der Waals surface area contributed by atoms with Crippen LogP contribution in [0.3, 0.4) is 0 Å². The van der Waals surface area contributed by atoms with E-state index in [4.69, 9.17) is 9.47 Å². The van der Waals surface area contributed by atoms with Crippen molar-refractivity contribution in [1.82, 2.24) is 29.7 Å². The number of benzene rings is 1. The topological polar surface area (TPSA) is 133 Å². The molecule has 0 saturated heterocycles. The number of aryl methyl sites for hydroxylation is 1. The van der Waals surface area contributed by atoms with Gasteiger partial charge in [0.15, 0.2) is 0 Å². The second-order valence-electron chi connectivity index (χ2n) is 11.3. The van der Waals surface area contributed by atoms with Gasteiger partial charge in [-0.15, -0.1) is 0 Å². The van der Waals surface area contributed by atoms with Gasteiger partial charge in [-0.25, -0.2) is 14.8 Å². The molecule has 2 heterocycles. The van der Waals surface area contributed by atoms with Crippen LogP contribution in [-0.2, 0) is 32.0 Å². The minimum atomic E-state index is -0.624. The van der Waals surface area contributed by atoms with E-state index in [1.807, 2.05) is 37.5 Å². The maximum absolute atomic E-state index is 12.7. The number of carbonyl (C=O) groups excluding carboxylic acids is 3. The summed E-state index contributed by atoms with van der Waals surface area (Å²) < 4.78 is 10.4. The number of nitrogens with one attached hydrogen (secondary N) is 2. The highest BCUT2D eigenvalue weighted by Crippen LogP contribution is 2.27. The molecule has 0 unspecified atom stereocenters. The van der Waals surface area contributed by atoms with Crippen LogP contribution in [0, 0.1) is 0 Å². The molecule has 228 valence electrons. The van der Waals surface area contributed by atoms with Crippen molar-refractivity contribution in [3.63, 3.8) is 0 Å². The molecule has 12 heteroatoms. The minimum Gasteiger partial charge on any atom is -0.466 e. The molecule has 3 rings (SSSR count). The lowest BCUT2D eigenvalue weighted by atomic mass is 10.1. The number of amides is 2. The van der Waals surface area contributed by atoms with Gasteiger partial charge in [-0.1, -0.05) is 12.1 Å². The number of likely N-dealkylation sites (N-methyl/N-ethyl adjacent to an activating group) is 3. The average molecular weight is 582 g/mol. The zero-order valence-electron chi connectivity index (χ0n) is 25.7. The summed E-state index contributed by atoms with van der Waals surface area (Å²) in [4.78, 5) is 53.7. The lowest BCUT2D eigenvalue weighted by molar-refractivity contribution is -0.143. The zero-order chi connectivity index (χ0) is 30.9. The van der Waals surface area contributed by atoms with E-state index >= 15 is 0 Å². The van der Waals surface area contributed by atoms with E-state index in [9.17, 15) is 14.4 Å². The van der Waals surface area contributed by atoms with Gasteiger partial charge in [-0.05, 0) is 64.4 Å². The molecule has 2 N–H and O–H groups in total. The molecule has 42 heavy (non-hydrogen) atoms. The monoisotopic (exact) mass is 581 g/mol. The first-order valence-electron chi connectivity index (χ1n) is 14.1. The van der Waals surface area contributed by atoms with Crippen LogP contribution in [0.1, 0.15) is 45.2 Å². The third-order valence-corrected chi connectivity index (χ3v) is 6.43. The van der Waals surface area contributed by atoms with Crippen LogP contribution < -0.4 is 5.32 Å². The summed E-state index contributed by atoms with van der Waals surface area (Å²) in [7, 11) is 5.26. The van der Waals surface area contributed by atoms with Gasteiger partial charge in [-0.3, -0.25) is 9.59 Å². The maximum Gasteiger partial charge on any atom is 0.410 e. The number of aromatic nitrogens is 3. The fourth-order valence-electron chi connectivity index (χ4n) is 4.21. The van der Waals surface area contributed by atoms with Gasteiger partial charge in [-0.2, -0.15) is 0 Å². The van der Waals surface area contributed by atoms with Crippen LogP contribution >= 0.6 is 0 Å². The molecule has 0 atom stereocenters. The molecule has 0 radical (unpaired) electrons. The Morgan fingerprint density at radius 2 is 1.81 bits per heavy atom. The minimum absolute atomic E-state index is 0.0615. The molecule has 2 aromatic heterocycles. The third-order valence-electron chi connectivity index (χ3n) is 6.43. The number of rotatable bonds is 13. The van der Waals surface area contributed by atoms with Crippen molar-refractivity contribution in [2.75, 3.05) is 52.7 Å². The third kappa shape index (κ3) is 9.72. The Hall–Kier alpha value is -4.19. The quantitative estimate of drug-likeness (QED) is 0.288. The van der Waals surface area contributed by atoms with Crippen LogP contribution in [0.15, 0.2) is 36.8 Å². The van der Waals surface area contributed by atoms with Crippen molar-refractivity contribution >= 4 is 40.5 Å². The summed E-state index contributed by atoms with van der Waals surface area (Å²) in [5, 5.41) is 4.28. The second kappa shape index (κ2) is 14.6. The van der Waals surface area contributed by atoms with Crippen LogP contribution in [-0.4, -0.2) is 101 Å².